The van der Waals surface area contributed by atoms with Crippen LogP contribution in [0.1, 0.15) is 23.2 Å². The number of anilines is 1. The van der Waals surface area contributed by atoms with Gasteiger partial charge in [-0.2, -0.15) is 0 Å². The van der Waals surface area contributed by atoms with Crippen LogP contribution < -0.4 is 9.64 Å². The Hall–Kier alpha value is -2.89. The summed E-state index contributed by atoms with van der Waals surface area (Å²) in [6.07, 6.45) is 3.49. The molecule has 6 nitrogen and oxygen atoms in total. The molecule has 1 aromatic rings. The van der Waals surface area contributed by atoms with Crippen molar-refractivity contribution >= 4 is 23.3 Å². The third kappa shape index (κ3) is 4.35. The minimum atomic E-state index is -0.170. The second-order valence-electron chi connectivity index (χ2n) is 5.72. The molecule has 2 rings (SSSR count). The third-order valence-electron chi connectivity index (χ3n) is 3.99. The van der Waals surface area contributed by atoms with E-state index in [4.69, 9.17) is 4.74 Å². The van der Waals surface area contributed by atoms with Crippen molar-refractivity contribution in [1.29, 1.82) is 0 Å². The van der Waals surface area contributed by atoms with Crippen LogP contribution in [0.2, 0.25) is 0 Å². The molecule has 6 heteroatoms. The summed E-state index contributed by atoms with van der Waals surface area (Å²) in [7, 11) is 1.64. The number of benzene rings is 1. The van der Waals surface area contributed by atoms with Gasteiger partial charge in [-0.15, -0.1) is 13.2 Å². The Morgan fingerprint density at radius 3 is 2.56 bits per heavy atom. The summed E-state index contributed by atoms with van der Waals surface area (Å²) in [5.74, 6) is 0.121. The first-order valence-corrected chi connectivity index (χ1v) is 8.04. The zero-order valence-corrected chi connectivity index (χ0v) is 14.4. The van der Waals surface area contributed by atoms with Crippen molar-refractivity contribution in [1.82, 2.24) is 4.90 Å². The van der Waals surface area contributed by atoms with E-state index < -0.39 is 0 Å². The Morgan fingerprint density at radius 2 is 1.92 bits per heavy atom. The molecule has 0 saturated carbocycles. The monoisotopic (exact) mass is 342 g/mol. The Morgan fingerprint density at radius 1 is 1.24 bits per heavy atom. The van der Waals surface area contributed by atoms with E-state index in [2.05, 4.69) is 13.2 Å². The molecule has 25 heavy (non-hydrogen) atoms. The predicted octanol–water partition coefficient (Wildman–Crippen LogP) is 2.21. The second kappa shape index (κ2) is 8.28. The highest BCUT2D eigenvalue weighted by atomic mass is 16.5. The normalized spacial score (nSPS) is 12.8. The Labute approximate surface area is 147 Å². The van der Waals surface area contributed by atoms with Crippen molar-refractivity contribution < 1.29 is 19.1 Å². The zero-order valence-electron chi connectivity index (χ0n) is 14.4. The number of carbonyl (C=O) groups is 3. The summed E-state index contributed by atoms with van der Waals surface area (Å²) in [4.78, 5) is 39.4. The first kappa shape index (κ1) is 18.4. The van der Waals surface area contributed by atoms with Crippen molar-refractivity contribution in [3.63, 3.8) is 0 Å². The van der Waals surface area contributed by atoms with Crippen LogP contribution in [-0.4, -0.2) is 49.2 Å². The quantitative estimate of drug-likeness (QED) is 0.537. The summed E-state index contributed by atoms with van der Waals surface area (Å²) in [6, 6.07) is 4.96. The van der Waals surface area contributed by atoms with Crippen LogP contribution in [0.25, 0.3) is 0 Å². The lowest BCUT2D eigenvalue weighted by atomic mass is 10.0. The van der Waals surface area contributed by atoms with E-state index in [-0.39, 0.29) is 37.0 Å². The lowest BCUT2D eigenvalue weighted by Gasteiger charge is -2.26. The molecule has 132 valence electrons. The maximum Gasteiger partial charge on any atom is 0.264 e. The molecule has 0 aliphatic carbocycles. The van der Waals surface area contributed by atoms with Gasteiger partial charge in [0.15, 0.2) is 12.4 Å². The van der Waals surface area contributed by atoms with Crippen LogP contribution in [0.5, 0.6) is 5.75 Å². The summed E-state index contributed by atoms with van der Waals surface area (Å²) in [5, 5.41) is 0. The largest absolute Gasteiger partial charge is 0.482 e. The lowest BCUT2D eigenvalue weighted by Crippen LogP contribution is -2.35. The molecule has 0 aromatic heterocycles. The van der Waals surface area contributed by atoms with Gasteiger partial charge < -0.3 is 14.5 Å². The van der Waals surface area contributed by atoms with Gasteiger partial charge in [0.2, 0.25) is 5.91 Å². The van der Waals surface area contributed by atoms with E-state index >= 15 is 0 Å². The standard InChI is InChI=1S/C19H22N2O4/c1-4-10-21(11-5-2)18(23)9-7-16(22)14-6-8-17-15(12-14)20(3)19(24)13-25-17/h4-6,8,12H,1-2,7,9-11,13H2,3H3. The summed E-state index contributed by atoms with van der Waals surface area (Å²) in [6.45, 7) is 8.08. The molecule has 0 bridgehead atoms. The van der Waals surface area contributed by atoms with Crippen molar-refractivity contribution in [2.75, 3.05) is 31.6 Å². The molecule has 0 spiro atoms. The van der Waals surface area contributed by atoms with Gasteiger partial charge in [-0.1, -0.05) is 12.2 Å². The Balaban J connectivity index is 2.04. The van der Waals surface area contributed by atoms with E-state index in [1.807, 2.05) is 0 Å². The average Bonchev–Trinajstić information content (AvgIpc) is 2.62. The molecular formula is C19H22N2O4. The van der Waals surface area contributed by atoms with Crippen LogP contribution in [0.4, 0.5) is 5.69 Å². The molecule has 0 unspecified atom stereocenters. The lowest BCUT2D eigenvalue weighted by molar-refractivity contribution is -0.130. The van der Waals surface area contributed by atoms with E-state index in [1.165, 1.54) is 4.90 Å². The number of Topliss-reactive ketones (excluding diaryl/α,β-unsaturated/α-hetero) is 1. The number of fused-ring (bicyclic) bond motifs is 1. The van der Waals surface area contributed by atoms with Gasteiger partial charge in [-0.3, -0.25) is 14.4 Å². The predicted molar refractivity (Wildman–Crippen MR) is 95.9 cm³/mol. The van der Waals surface area contributed by atoms with Crippen LogP contribution >= 0.6 is 0 Å². The van der Waals surface area contributed by atoms with Crippen molar-refractivity contribution in [3.8, 4) is 5.75 Å². The van der Waals surface area contributed by atoms with Gasteiger partial charge in [0.25, 0.3) is 5.91 Å². The molecule has 1 aliphatic heterocycles. The molecular weight excluding hydrogens is 320 g/mol. The molecule has 2 amide bonds. The number of hydrogen-bond donors (Lipinski definition) is 0. The minimum Gasteiger partial charge on any atom is -0.482 e. The van der Waals surface area contributed by atoms with E-state index in [1.54, 1.807) is 42.3 Å². The number of likely N-dealkylation sites (N-methyl/N-ethyl adjacent to an activating group) is 1. The molecule has 0 saturated heterocycles. The van der Waals surface area contributed by atoms with Crippen LogP contribution in [0, 0.1) is 0 Å². The van der Waals surface area contributed by atoms with Crippen molar-refractivity contribution in [3.05, 3.63) is 49.1 Å². The van der Waals surface area contributed by atoms with Crippen LogP contribution in [0.3, 0.4) is 0 Å². The number of amides is 2. The smallest absolute Gasteiger partial charge is 0.264 e. The summed E-state index contributed by atoms with van der Waals surface area (Å²) >= 11 is 0. The molecule has 1 aliphatic rings. The fourth-order valence-corrected chi connectivity index (χ4v) is 2.56. The van der Waals surface area contributed by atoms with Crippen LogP contribution in [-0.2, 0) is 9.59 Å². The molecule has 0 radical (unpaired) electrons. The highest BCUT2D eigenvalue weighted by molar-refractivity contribution is 6.02. The van der Waals surface area contributed by atoms with Gasteiger partial charge in [-0.25, -0.2) is 0 Å². The van der Waals surface area contributed by atoms with Gasteiger partial charge >= 0.3 is 0 Å². The number of nitrogens with zero attached hydrogens (tertiary/aromatic N) is 2. The maximum absolute atomic E-state index is 12.4. The number of ether oxygens (including phenoxy) is 1. The average molecular weight is 342 g/mol. The van der Waals surface area contributed by atoms with E-state index in [9.17, 15) is 14.4 Å². The van der Waals surface area contributed by atoms with Gasteiger partial charge in [-0.05, 0) is 18.2 Å². The topological polar surface area (TPSA) is 66.9 Å². The first-order chi connectivity index (χ1) is 12.0. The molecule has 0 fully saturated rings. The van der Waals surface area contributed by atoms with Gasteiger partial charge in [0.1, 0.15) is 5.75 Å². The fourth-order valence-electron chi connectivity index (χ4n) is 2.56. The molecule has 0 N–H and O–H groups in total. The molecule has 1 aromatic carbocycles. The van der Waals surface area contributed by atoms with Crippen LogP contribution in [0.15, 0.2) is 43.5 Å². The zero-order chi connectivity index (χ0) is 18.4. The number of rotatable bonds is 8. The number of hydrogen-bond acceptors (Lipinski definition) is 4. The van der Waals surface area contributed by atoms with Crippen molar-refractivity contribution in [2.24, 2.45) is 0 Å². The maximum atomic E-state index is 12.4. The summed E-state index contributed by atoms with van der Waals surface area (Å²) in [5.41, 5.74) is 1.02. The third-order valence-corrected chi connectivity index (χ3v) is 3.99. The second-order valence-corrected chi connectivity index (χ2v) is 5.72. The number of carbonyl (C=O) groups excluding carboxylic acids is 3. The van der Waals surface area contributed by atoms with Gasteiger partial charge in [0, 0.05) is 38.5 Å². The van der Waals surface area contributed by atoms with E-state index in [0.29, 0.717) is 30.1 Å². The first-order valence-electron chi connectivity index (χ1n) is 8.04. The Kier molecular flexibility index (Phi) is 6.11. The fraction of sp³-hybridized carbons (Fsp3) is 0.316. The van der Waals surface area contributed by atoms with E-state index in [0.717, 1.165) is 0 Å². The SMILES string of the molecule is C=CCN(CC=C)C(=O)CCC(=O)c1ccc2c(c1)N(C)C(=O)CO2. The van der Waals surface area contributed by atoms with Crippen molar-refractivity contribution in [2.45, 2.75) is 12.8 Å². The Bertz CT molecular complexity index is 701. The summed E-state index contributed by atoms with van der Waals surface area (Å²) < 4.78 is 5.34. The highest BCUT2D eigenvalue weighted by Gasteiger charge is 2.23. The number of ketones is 1. The highest BCUT2D eigenvalue weighted by Crippen LogP contribution is 2.32. The molecule has 0 atom stereocenters. The minimum absolute atomic E-state index is 0.00621. The molecule has 1 heterocycles. The van der Waals surface area contributed by atoms with Gasteiger partial charge in [0.05, 0.1) is 5.69 Å².